The van der Waals surface area contributed by atoms with Crippen molar-refractivity contribution in [3.05, 3.63) is 48.2 Å². The first-order valence-electron chi connectivity index (χ1n) is 6.49. The number of aliphatic hydroxyl groups excluding tert-OH is 1. The Morgan fingerprint density at radius 2 is 2.10 bits per heavy atom. The van der Waals surface area contributed by atoms with Gasteiger partial charge in [-0.3, -0.25) is 0 Å². The third kappa shape index (κ3) is 3.86. The standard InChI is InChI=1S/C15H19N3O2/c1-18(7-8-19)13-5-6-15(17-11-13)16-10-12-3-2-4-14(20)9-12/h2-6,9,11,19-20H,7-8,10H2,1H3,(H,16,17). The van der Waals surface area contributed by atoms with Crippen molar-refractivity contribution in [2.24, 2.45) is 0 Å². The monoisotopic (exact) mass is 273 g/mol. The van der Waals surface area contributed by atoms with E-state index in [-0.39, 0.29) is 12.4 Å². The smallest absolute Gasteiger partial charge is 0.126 e. The molecule has 5 heteroatoms. The highest BCUT2D eigenvalue weighted by Crippen LogP contribution is 2.15. The topological polar surface area (TPSA) is 68.6 Å². The molecule has 0 fully saturated rings. The summed E-state index contributed by atoms with van der Waals surface area (Å²) in [7, 11) is 1.91. The van der Waals surface area contributed by atoms with Crippen LogP contribution in [0, 0.1) is 0 Å². The number of hydrogen-bond acceptors (Lipinski definition) is 5. The van der Waals surface area contributed by atoms with Crippen LogP contribution < -0.4 is 10.2 Å². The lowest BCUT2D eigenvalue weighted by Gasteiger charge is -2.17. The molecule has 0 saturated heterocycles. The van der Waals surface area contributed by atoms with E-state index in [9.17, 15) is 5.11 Å². The molecule has 2 rings (SSSR count). The van der Waals surface area contributed by atoms with Crippen molar-refractivity contribution in [2.75, 3.05) is 30.4 Å². The van der Waals surface area contributed by atoms with Crippen LogP contribution in [-0.4, -0.2) is 35.4 Å². The summed E-state index contributed by atoms with van der Waals surface area (Å²) in [6, 6.07) is 11.0. The zero-order valence-corrected chi connectivity index (χ0v) is 11.5. The van der Waals surface area contributed by atoms with Crippen molar-refractivity contribution < 1.29 is 10.2 Å². The van der Waals surface area contributed by atoms with Crippen molar-refractivity contribution in [3.63, 3.8) is 0 Å². The van der Waals surface area contributed by atoms with Gasteiger partial charge in [0.2, 0.25) is 0 Å². The average molecular weight is 273 g/mol. The fourth-order valence-electron chi connectivity index (χ4n) is 1.85. The number of phenols is 1. The predicted octanol–water partition coefficient (Wildman–Crippen LogP) is 1.83. The largest absolute Gasteiger partial charge is 0.508 e. The molecule has 1 aromatic carbocycles. The van der Waals surface area contributed by atoms with Crippen LogP contribution in [0.1, 0.15) is 5.56 Å². The molecule has 3 N–H and O–H groups in total. The number of likely N-dealkylation sites (N-methyl/N-ethyl adjacent to an activating group) is 1. The van der Waals surface area contributed by atoms with Crippen LogP contribution in [0.4, 0.5) is 11.5 Å². The van der Waals surface area contributed by atoms with Gasteiger partial charge in [0.25, 0.3) is 0 Å². The van der Waals surface area contributed by atoms with Gasteiger partial charge in [0.1, 0.15) is 11.6 Å². The second kappa shape index (κ2) is 6.77. The number of phenolic OH excluding ortho intramolecular Hbond substituents is 1. The van der Waals surface area contributed by atoms with Crippen LogP contribution in [0.2, 0.25) is 0 Å². The Balaban J connectivity index is 1.94. The summed E-state index contributed by atoms with van der Waals surface area (Å²) in [6.45, 7) is 1.30. The third-order valence-corrected chi connectivity index (χ3v) is 3.01. The molecule has 0 aliphatic heterocycles. The predicted molar refractivity (Wildman–Crippen MR) is 80.0 cm³/mol. The molecular weight excluding hydrogens is 254 g/mol. The number of rotatable bonds is 6. The van der Waals surface area contributed by atoms with Gasteiger partial charge in [0, 0.05) is 20.1 Å². The van der Waals surface area contributed by atoms with Crippen molar-refractivity contribution in [3.8, 4) is 5.75 Å². The molecule has 0 amide bonds. The Kier molecular flexibility index (Phi) is 4.79. The zero-order chi connectivity index (χ0) is 14.4. The number of aromatic hydroxyl groups is 1. The van der Waals surface area contributed by atoms with Crippen molar-refractivity contribution >= 4 is 11.5 Å². The van der Waals surface area contributed by atoms with Gasteiger partial charge in [0.05, 0.1) is 18.5 Å². The molecule has 0 spiro atoms. The molecule has 1 aromatic heterocycles. The van der Waals surface area contributed by atoms with Gasteiger partial charge in [-0.15, -0.1) is 0 Å². The van der Waals surface area contributed by atoms with Gasteiger partial charge >= 0.3 is 0 Å². The van der Waals surface area contributed by atoms with E-state index >= 15 is 0 Å². The van der Waals surface area contributed by atoms with Crippen molar-refractivity contribution in [1.29, 1.82) is 0 Å². The molecule has 0 bridgehead atoms. The van der Waals surface area contributed by atoms with E-state index in [2.05, 4.69) is 10.3 Å². The molecule has 20 heavy (non-hydrogen) atoms. The van der Waals surface area contributed by atoms with E-state index in [1.165, 1.54) is 0 Å². The number of nitrogens with one attached hydrogen (secondary N) is 1. The number of anilines is 2. The summed E-state index contributed by atoms with van der Waals surface area (Å²) in [6.07, 6.45) is 1.76. The maximum Gasteiger partial charge on any atom is 0.126 e. The second-order valence-corrected chi connectivity index (χ2v) is 4.57. The first-order valence-corrected chi connectivity index (χ1v) is 6.49. The number of hydrogen-bond donors (Lipinski definition) is 3. The first-order chi connectivity index (χ1) is 9.69. The Morgan fingerprint density at radius 1 is 1.25 bits per heavy atom. The maximum absolute atomic E-state index is 9.39. The SMILES string of the molecule is CN(CCO)c1ccc(NCc2cccc(O)c2)nc1. The number of pyridine rings is 1. The van der Waals surface area contributed by atoms with Gasteiger partial charge in [-0.1, -0.05) is 12.1 Å². The Morgan fingerprint density at radius 3 is 2.75 bits per heavy atom. The molecule has 0 radical (unpaired) electrons. The van der Waals surface area contributed by atoms with E-state index in [4.69, 9.17) is 5.11 Å². The summed E-state index contributed by atoms with van der Waals surface area (Å²) in [4.78, 5) is 6.26. The molecule has 0 atom stereocenters. The van der Waals surface area contributed by atoms with Gasteiger partial charge in [-0.05, 0) is 29.8 Å². The van der Waals surface area contributed by atoms with Gasteiger partial charge in [0.15, 0.2) is 0 Å². The normalized spacial score (nSPS) is 10.3. The van der Waals surface area contributed by atoms with E-state index in [0.29, 0.717) is 13.1 Å². The zero-order valence-electron chi connectivity index (χ0n) is 11.5. The Hall–Kier alpha value is -2.27. The second-order valence-electron chi connectivity index (χ2n) is 4.57. The van der Waals surface area contributed by atoms with E-state index < -0.39 is 0 Å². The molecular formula is C15H19N3O2. The molecule has 106 valence electrons. The Labute approximate surface area is 118 Å². The number of aliphatic hydroxyl groups is 1. The van der Waals surface area contributed by atoms with Crippen LogP contribution >= 0.6 is 0 Å². The average Bonchev–Trinajstić information content (AvgIpc) is 2.46. The van der Waals surface area contributed by atoms with Crippen molar-refractivity contribution in [1.82, 2.24) is 4.98 Å². The Bertz CT molecular complexity index is 543. The van der Waals surface area contributed by atoms with Crippen LogP contribution in [0.15, 0.2) is 42.6 Å². The van der Waals surface area contributed by atoms with Gasteiger partial charge in [-0.2, -0.15) is 0 Å². The summed E-state index contributed by atoms with van der Waals surface area (Å²) in [5.74, 6) is 1.03. The summed E-state index contributed by atoms with van der Waals surface area (Å²) in [5, 5.41) is 21.5. The van der Waals surface area contributed by atoms with Crippen LogP contribution in [0.25, 0.3) is 0 Å². The minimum absolute atomic E-state index is 0.119. The highest BCUT2D eigenvalue weighted by molar-refractivity contribution is 5.49. The van der Waals surface area contributed by atoms with E-state index in [1.807, 2.05) is 36.2 Å². The molecule has 0 aliphatic rings. The number of aromatic nitrogens is 1. The molecule has 2 aromatic rings. The van der Waals surface area contributed by atoms with Gasteiger partial charge in [-0.25, -0.2) is 4.98 Å². The first kappa shape index (κ1) is 14.1. The third-order valence-electron chi connectivity index (χ3n) is 3.01. The quantitative estimate of drug-likeness (QED) is 0.749. The van der Waals surface area contributed by atoms with Crippen LogP contribution in [0.5, 0.6) is 5.75 Å². The summed E-state index contributed by atoms with van der Waals surface area (Å²) in [5.41, 5.74) is 1.95. The maximum atomic E-state index is 9.39. The summed E-state index contributed by atoms with van der Waals surface area (Å²) < 4.78 is 0. The van der Waals surface area contributed by atoms with Crippen LogP contribution in [0.3, 0.4) is 0 Å². The van der Waals surface area contributed by atoms with Crippen LogP contribution in [-0.2, 0) is 6.54 Å². The van der Waals surface area contributed by atoms with Gasteiger partial charge < -0.3 is 20.4 Å². The highest BCUT2D eigenvalue weighted by atomic mass is 16.3. The lowest BCUT2D eigenvalue weighted by atomic mass is 10.2. The molecule has 0 saturated carbocycles. The summed E-state index contributed by atoms with van der Waals surface area (Å²) >= 11 is 0. The lowest BCUT2D eigenvalue weighted by Crippen LogP contribution is -2.21. The molecule has 5 nitrogen and oxygen atoms in total. The lowest BCUT2D eigenvalue weighted by molar-refractivity contribution is 0.304. The highest BCUT2D eigenvalue weighted by Gasteiger charge is 2.01. The van der Waals surface area contributed by atoms with E-state index in [0.717, 1.165) is 17.1 Å². The molecule has 1 heterocycles. The fraction of sp³-hybridized carbons (Fsp3) is 0.267. The number of benzene rings is 1. The minimum atomic E-state index is 0.119. The molecule has 0 aliphatic carbocycles. The van der Waals surface area contributed by atoms with Crippen molar-refractivity contribution in [2.45, 2.75) is 6.54 Å². The molecule has 0 unspecified atom stereocenters. The number of nitrogens with zero attached hydrogens (tertiary/aromatic N) is 2. The van der Waals surface area contributed by atoms with E-state index in [1.54, 1.807) is 18.3 Å². The minimum Gasteiger partial charge on any atom is -0.508 e. The fourth-order valence-corrected chi connectivity index (χ4v) is 1.85.